The highest BCUT2D eigenvalue weighted by molar-refractivity contribution is 7.09. The Balaban J connectivity index is 2.06. The van der Waals surface area contributed by atoms with Crippen LogP contribution in [0.5, 0.6) is 5.88 Å². The number of nitrogen functional groups attached to an aromatic ring is 1. The summed E-state index contributed by atoms with van der Waals surface area (Å²) in [5, 5.41) is 2.07. The van der Waals surface area contributed by atoms with Crippen molar-refractivity contribution < 1.29 is 4.74 Å². The van der Waals surface area contributed by atoms with Crippen molar-refractivity contribution in [2.45, 2.75) is 33.1 Å². The van der Waals surface area contributed by atoms with E-state index in [0.29, 0.717) is 18.3 Å². The molecule has 0 aliphatic carbocycles. The first-order valence-corrected chi connectivity index (χ1v) is 7.25. The summed E-state index contributed by atoms with van der Waals surface area (Å²) >= 11 is 1.74. The summed E-state index contributed by atoms with van der Waals surface area (Å²) in [6.45, 7) is 6.58. The van der Waals surface area contributed by atoms with Gasteiger partial charge < -0.3 is 10.5 Å². The van der Waals surface area contributed by atoms with Gasteiger partial charge in [0.1, 0.15) is 11.6 Å². The van der Waals surface area contributed by atoms with Crippen molar-refractivity contribution in [3.63, 3.8) is 0 Å². The van der Waals surface area contributed by atoms with Gasteiger partial charge in [0.05, 0.1) is 12.2 Å². The Morgan fingerprint density at radius 1 is 1.37 bits per heavy atom. The standard InChI is InChI=1S/C14H19N3OS/c1-9(2)13-16-12(15)10(3)14(17-13)18-7-6-11-5-4-8-19-11/h4-5,8-9H,6-7H2,1-3H3,(H2,15,16,17). The Morgan fingerprint density at radius 3 is 2.79 bits per heavy atom. The van der Waals surface area contributed by atoms with E-state index in [9.17, 15) is 0 Å². The number of rotatable bonds is 5. The average Bonchev–Trinajstić information content (AvgIpc) is 2.87. The smallest absolute Gasteiger partial charge is 0.221 e. The number of nitrogens with zero attached hydrogens (tertiary/aromatic N) is 2. The molecule has 0 atom stereocenters. The Hall–Kier alpha value is -1.62. The molecule has 0 fully saturated rings. The first-order valence-electron chi connectivity index (χ1n) is 6.37. The summed E-state index contributed by atoms with van der Waals surface area (Å²) in [5.74, 6) is 2.08. The number of aromatic nitrogens is 2. The van der Waals surface area contributed by atoms with E-state index in [1.807, 2.05) is 26.8 Å². The lowest BCUT2D eigenvalue weighted by Crippen LogP contribution is -2.09. The zero-order chi connectivity index (χ0) is 13.8. The first-order chi connectivity index (χ1) is 9.08. The first kappa shape index (κ1) is 13.8. The Kier molecular flexibility index (Phi) is 4.37. The molecular weight excluding hydrogens is 258 g/mol. The maximum Gasteiger partial charge on any atom is 0.221 e. The molecule has 0 amide bonds. The van der Waals surface area contributed by atoms with Gasteiger partial charge in [0.2, 0.25) is 5.88 Å². The molecule has 2 N–H and O–H groups in total. The van der Waals surface area contributed by atoms with Gasteiger partial charge >= 0.3 is 0 Å². The predicted octanol–water partition coefficient (Wildman–Crippen LogP) is 3.17. The van der Waals surface area contributed by atoms with Gasteiger partial charge in [-0.25, -0.2) is 4.98 Å². The van der Waals surface area contributed by atoms with Gasteiger partial charge in [-0.3, -0.25) is 0 Å². The molecular formula is C14H19N3OS. The summed E-state index contributed by atoms with van der Waals surface area (Å²) in [6, 6.07) is 4.15. The van der Waals surface area contributed by atoms with Crippen LogP contribution in [-0.4, -0.2) is 16.6 Å². The maximum absolute atomic E-state index is 5.90. The lowest BCUT2D eigenvalue weighted by molar-refractivity contribution is 0.306. The maximum atomic E-state index is 5.90. The van der Waals surface area contributed by atoms with E-state index in [0.717, 1.165) is 17.8 Å². The minimum atomic E-state index is 0.238. The van der Waals surface area contributed by atoms with Gasteiger partial charge in [0.25, 0.3) is 0 Å². The predicted molar refractivity (Wildman–Crippen MR) is 78.8 cm³/mol. The van der Waals surface area contributed by atoms with Crippen LogP contribution in [0.4, 0.5) is 5.82 Å². The van der Waals surface area contributed by atoms with Crippen molar-refractivity contribution in [2.75, 3.05) is 12.3 Å². The van der Waals surface area contributed by atoms with Crippen molar-refractivity contribution in [1.29, 1.82) is 0 Å². The van der Waals surface area contributed by atoms with Gasteiger partial charge in [-0.15, -0.1) is 11.3 Å². The van der Waals surface area contributed by atoms with Crippen LogP contribution in [0.15, 0.2) is 17.5 Å². The van der Waals surface area contributed by atoms with Crippen LogP contribution >= 0.6 is 11.3 Å². The fourth-order valence-electron chi connectivity index (χ4n) is 1.63. The third kappa shape index (κ3) is 3.44. The monoisotopic (exact) mass is 277 g/mol. The fourth-order valence-corrected chi connectivity index (χ4v) is 2.32. The second-order valence-electron chi connectivity index (χ2n) is 4.73. The van der Waals surface area contributed by atoms with Crippen molar-refractivity contribution in [3.05, 3.63) is 33.8 Å². The van der Waals surface area contributed by atoms with Crippen LogP contribution in [0.2, 0.25) is 0 Å². The highest BCUT2D eigenvalue weighted by Gasteiger charge is 2.12. The van der Waals surface area contributed by atoms with E-state index in [-0.39, 0.29) is 5.92 Å². The molecule has 0 radical (unpaired) electrons. The molecule has 0 aromatic carbocycles. The highest BCUT2D eigenvalue weighted by Crippen LogP contribution is 2.23. The van der Waals surface area contributed by atoms with E-state index < -0.39 is 0 Å². The van der Waals surface area contributed by atoms with E-state index in [4.69, 9.17) is 10.5 Å². The molecule has 0 bridgehead atoms. The van der Waals surface area contributed by atoms with E-state index in [1.165, 1.54) is 4.88 Å². The zero-order valence-electron chi connectivity index (χ0n) is 11.5. The summed E-state index contributed by atoms with van der Waals surface area (Å²) in [7, 11) is 0. The molecule has 0 saturated carbocycles. The van der Waals surface area contributed by atoms with Crippen molar-refractivity contribution >= 4 is 17.2 Å². The van der Waals surface area contributed by atoms with Crippen molar-refractivity contribution in [1.82, 2.24) is 9.97 Å². The van der Waals surface area contributed by atoms with Crippen LogP contribution in [-0.2, 0) is 6.42 Å². The molecule has 2 heterocycles. The van der Waals surface area contributed by atoms with E-state index in [1.54, 1.807) is 11.3 Å². The lowest BCUT2D eigenvalue weighted by Gasteiger charge is -2.12. The Morgan fingerprint density at radius 2 is 2.16 bits per heavy atom. The van der Waals surface area contributed by atoms with Gasteiger partial charge in [0, 0.05) is 17.2 Å². The van der Waals surface area contributed by atoms with Crippen LogP contribution in [0.25, 0.3) is 0 Å². The quantitative estimate of drug-likeness (QED) is 0.912. The number of hydrogen-bond donors (Lipinski definition) is 1. The molecule has 5 heteroatoms. The minimum absolute atomic E-state index is 0.238. The number of anilines is 1. The number of thiophene rings is 1. The molecule has 102 valence electrons. The molecule has 0 aliphatic heterocycles. The minimum Gasteiger partial charge on any atom is -0.477 e. The average molecular weight is 277 g/mol. The Bertz CT molecular complexity index is 538. The molecule has 0 spiro atoms. The molecule has 19 heavy (non-hydrogen) atoms. The number of ether oxygens (including phenoxy) is 1. The number of nitrogens with two attached hydrogens (primary N) is 1. The summed E-state index contributed by atoms with van der Waals surface area (Å²) in [6.07, 6.45) is 0.887. The van der Waals surface area contributed by atoms with Crippen LogP contribution in [0.1, 0.15) is 36.0 Å². The van der Waals surface area contributed by atoms with Crippen LogP contribution in [0, 0.1) is 6.92 Å². The topological polar surface area (TPSA) is 61.0 Å². The number of hydrogen-bond acceptors (Lipinski definition) is 5. The molecule has 2 rings (SSSR count). The van der Waals surface area contributed by atoms with Crippen LogP contribution in [0.3, 0.4) is 0 Å². The summed E-state index contributed by atoms with van der Waals surface area (Å²) in [5.41, 5.74) is 6.71. The van der Waals surface area contributed by atoms with E-state index >= 15 is 0 Å². The Labute approximate surface area is 117 Å². The molecule has 0 saturated heterocycles. The van der Waals surface area contributed by atoms with Gasteiger partial charge in [-0.05, 0) is 18.4 Å². The molecule has 2 aromatic rings. The second kappa shape index (κ2) is 6.02. The molecule has 4 nitrogen and oxygen atoms in total. The zero-order valence-corrected chi connectivity index (χ0v) is 12.3. The van der Waals surface area contributed by atoms with Gasteiger partial charge in [0.15, 0.2) is 0 Å². The highest BCUT2D eigenvalue weighted by atomic mass is 32.1. The van der Waals surface area contributed by atoms with E-state index in [2.05, 4.69) is 21.4 Å². The van der Waals surface area contributed by atoms with Gasteiger partial charge in [-0.1, -0.05) is 19.9 Å². The summed E-state index contributed by atoms with van der Waals surface area (Å²) < 4.78 is 5.76. The molecule has 0 unspecified atom stereocenters. The molecule has 0 aliphatic rings. The second-order valence-corrected chi connectivity index (χ2v) is 5.76. The third-order valence-electron chi connectivity index (χ3n) is 2.84. The fraction of sp³-hybridized carbons (Fsp3) is 0.429. The third-order valence-corrected chi connectivity index (χ3v) is 3.78. The van der Waals surface area contributed by atoms with Gasteiger partial charge in [-0.2, -0.15) is 4.98 Å². The molecule has 2 aromatic heterocycles. The largest absolute Gasteiger partial charge is 0.477 e. The summed E-state index contributed by atoms with van der Waals surface area (Å²) in [4.78, 5) is 10.0. The van der Waals surface area contributed by atoms with Crippen molar-refractivity contribution in [2.24, 2.45) is 0 Å². The normalized spacial score (nSPS) is 10.9. The van der Waals surface area contributed by atoms with Crippen molar-refractivity contribution in [3.8, 4) is 5.88 Å². The van der Waals surface area contributed by atoms with Crippen LogP contribution < -0.4 is 10.5 Å². The SMILES string of the molecule is Cc1c(N)nc(C(C)C)nc1OCCc1cccs1. The lowest BCUT2D eigenvalue weighted by atomic mass is 10.2.